The Labute approximate surface area is 81.1 Å². The van der Waals surface area contributed by atoms with Crippen LogP contribution in [0.4, 0.5) is 5.69 Å². The molecule has 0 aliphatic heterocycles. The average molecular weight is 219 g/mol. The van der Waals surface area contributed by atoms with Crippen LogP contribution in [-0.4, -0.2) is 24.1 Å². The molecule has 7 heteroatoms. The fourth-order valence-electron chi connectivity index (χ4n) is 0.550. The zero-order valence-electron chi connectivity index (χ0n) is 7.32. The molecule has 0 heterocycles. The van der Waals surface area contributed by atoms with Gasteiger partial charge in [0.2, 0.25) is 0 Å². The summed E-state index contributed by atoms with van der Waals surface area (Å²) in [6.07, 6.45) is 0.715. The number of para-hydroxylation sites is 1. The largest absolute Gasteiger partial charge is 0.286 e. The number of non-ortho nitro benzene ring substituents is 1. The molecule has 0 spiro atoms. The van der Waals surface area contributed by atoms with Gasteiger partial charge in [0, 0.05) is 12.1 Å². The van der Waals surface area contributed by atoms with Crippen LogP contribution in [0, 0.1) is 10.1 Å². The van der Waals surface area contributed by atoms with Crippen LogP contribution in [0.25, 0.3) is 0 Å². The second-order valence-electron chi connectivity index (χ2n) is 2.33. The standard InChI is InChI=1S/C6H5NO2.CH4O3S/c8-7(9)6-4-2-1-3-5-6;1-5(2,3)4/h1-5H;1H3,(H,2,3,4). The molecule has 14 heavy (non-hydrogen) atoms. The van der Waals surface area contributed by atoms with Gasteiger partial charge in [-0.3, -0.25) is 14.7 Å². The number of benzene rings is 1. The van der Waals surface area contributed by atoms with Gasteiger partial charge in [-0.2, -0.15) is 8.42 Å². The van der Waals surface area contributed by atoms with Crippen molar-refractivity contribution in [1.29, 1.82) is 0 Å². The van der Waals surface area contributed by atoms with Gasteiger partial charge in [-0.1, -0.05) is 18.2 Å². The Morgan fingerprint density at radius 2 is 1.64 bits per heavy atom. The molecule has 1 rings (SSSR count). The Morgan fingerprint density at radius 3 is 1.86 bits per heavy atom. The highest BCUT2D eigenvalue weighted by Gasteiger charge is 1.98. The molecule has 0 fully saturated rings. The quantitative estimate of drug-likeness (QED) is 0.433. The number of hydrogen-bond acceptors (Lipinski definition) is 4. The molecular formula is C7H9NO5S. The van der Waals surface area contributed by atoms with Crippen LogP contribution < -0.4 is 0 Å². The second-order valence-corrected chi connectivity index (χ2v) is 3.79. The van der Waals surface area contributed by atoms with Gasteiger partial charge in [-0.05, 0) is 0 Å². The van der Waals surface area contributed by atoms with Crippen molar-refractivity contribution in [1.82, 2.24) is 0 Å². The normalized spacial score (nSPS) is 9.86. The third-order valence-electron chi connectivity index (χ3n) is 0.967. The monoisotopic (exact) mass is 219 g/mol. The molecule has 1 N–H and O–H groups in total. The summed E-state index contributed by atoms with van der Waals surface area (Å²) in [6.45, 7) is 0. The molecule has 78 valence electrons. The molecular weight excluding hydrogens is 210 g/mol. The summed E-state index contributed by atoms with van der Waals surface area (Å²) >= 11 is 0. The van der Waals surface area contributed by atoms with Gasteiger partial charge in [-0.25, -0.2) is 0 Å². The molecule has 0 aliphatic carbocycles. The van der Waals surface area contributed by atoms with Gasteiger partial charge in [0.15, 0.2) is 0 Å². The van der Waals surface area contributed by atoms with E-state index >= 15 is 0 Å². The van der Waals surface area contributed by atoms with Crippen molar-refractivity contribution >= 4 is 15.8 Å². The van der Waals surface area contributed by atoms with Crippen LogP contribution in [0.3, 0.4) is 0 Å². The van der Waals surface area contributed by atoms with Crippen LogP contribution in [0.15, 0.2) is 30.3 Å². The second kappa shape index (κ2) is 5.30. The maximum Gasteiger partial charge on any atom is 0.269 e. The van der Waals surface area contributed by atoms with Gasteiger partial charge in [0.05, 0.1) is 11.2 Å². The zero-order valence-corrected chi connectivity index (χ0v) is 8.14. The van der Waals surface area contributed by atoms with Crippen molar-refractivity contribution in [2.45, 2.75) is 0 Å². The summed E-state index contributed by atoms with van der Waals surface area (Å²) in [5, 5.41) is 10.0. The number of hydrogen-bond donors (Lipinski definition) is 1. The Morgan fingerprint density at radius 1 is 1.29 bits per heavy atom. The minimum absolute atomic E-state index is 0.137. The van der Waals surface area contributed by atoms with Crippen LogP contribution in [-0.2, 0) is 10.1 Å². The van der Waals surface area contributed by atoms with Crippen LogP contribution in [0.2, 0.25) is 0 Å². The number of nitrogens with zero attached hydrogens (tertiary/aromatic N) is 1. The molecule has 0 saturated carbocycles. The first kappa shape index (κ1) is 12.5. The Balaban J connectivity index is 0.000000292. The number of rotatable bonds is 1. The molecule has 0 radical (unpaired) electrons. The predicted molar refractivity (Wildman–Crippen MR) is 50.6 cm³/mol. The first-order chi connectivity index (χ1) is 6.30. The van der Waals surface area contributed by atoms with Gasteiger partial charge in [0.25, 0.3) is 15.8 Å². The van der Waals surface area contributed by atoms with Crippen molar-refractivity contribution in [3.8, 4) is 0 Å². The van der Waals surface area contributed by atoms with E-state index in [1.807, 2.05) is 0 Å². The van der Waals surface area contributed by atoms with E-state index in [9.17, 15) is 18.5 Å². The lowest BCUT2D eigenvalue weighted by atomic mass is 10.3. The van der Waals surface area contributed by atoms with Crippen LogP contribution in [0.1, 0.15) is 0 Å². The van der Waals surface area contributed by atoms with Gasteiger partial charge < -0.3 is 0 Å². The van der Waals surface area contributed by atoms with E-state index in [4.69, 9.17) is 4.55 Å². The van der Waals surface area contributed by atoms with Crippen LogP contribution in [0.5, 0.6) is 0 Å². The van der Waals surface area contributed by atoms with Gasteiger partial charge in [0.1, 0.15) is 0 Å². The highest BCUT2D eigenvalue weighted by molar-refractivity contribution is 7.85. The fraction of sp³-hybridized carbons (Fsp3) is 0.143. The molecule has 1 aromatic rings. The predicted octanol–water partition coefficient (Wildman–Crippen LogP) is 1.10. The summed E-state index contributed by atoms with van der Waals surface area (Å²) in [4.78, 5) is 9.59. The third-order valence-corrected chi connectivity index (χ3v) is 0.967. The minimum Gasteiger partial charge on any atom is -0.286 e. The maximum atomic E-state index is 10.0. The zero-order chi connectivity index (χ0) is 11.2. The first-order valence-electron chi connectivity index (χ1n) is 3.42. The summed E-state index contributed by atoms with van der Waals surface area (Å²) in [6, 6.07) is 7.93. The fourth-order valence-corrected chi connectivity index (χ4v) is 0.550. The Hall–Kier alpha value is -1.47. The summed E-state index contributed by atoms with van der Waals surface area (Å²) < 4.78 is 25.9. The van der Waals surface area contributed by atoms with E-state index < -0.39 is 15.0 Å². The van der Waals surface area contributed by atoms with Crippen molar-refractivity contribution in [2.75, 3.05) is 6.26 Å². The maximum absolute atomic E-state index is 10.0. The summed E-state index contributed by atoms with van der Waals surface area (Å²) in [5.41, 5.74) is 0.137. The third kappa shape index (κ3) is 8.62. The molecule has 1 aromatic carbocycles. The Bertz CT molecular complexity index is 378. The number of nitro benzene ring substituents is 1. The molecule has 0 saturated heterocycles. The smallest absolute Gasteiger partial charge is 0.269 e. The molecule has 0 bridgehead atoms. The van der Waals surface area contributed by atoms with Gasteiger partial charge >= 0.3 is 0 Å². The van der Waals surface area contributed by atoms with Gasteiger partial charge in [-0.15, -0.1) is 0 Å². The van der Waals surface area contributed by atoms with Crippen molar-refractivity contribution < 1.29 is 17.9 Å². The minimum atomic E-state index is -3.67. The van der Waals surface area contributed by atoms with E-state index in [0.717, 1.165) is 0 Å². The van der Waals surface area contributed by atoms with Crippen molar-refractivity contribution in [2.24, 2.45) is 0 Å². The molecule has 0 aliphatic rings. The van der Waals surface area contributed by atoms with E-state index in [0.29, 0.717) is 6.26 Å². The molecule has 0 atom stereocenters. The Kier molecular flexibility index (Phi) is 4.74. The van der Waals surface area contributed by atoms with Crippen LogP contribution >= 0.6 is 0 Å². The summed E-state index contributed by atoms with van der Waals surface area (Å²) in [7, 11) is -3.67. The summed E-state index contributed by atoms with van der Waals surface area (Å²) in [5.74, 6) is 0. The van der Waals surface area contributed by atoms with E-state index in [1.54, 1.807) is 18.2 Å². The van der Waals surface area contributed by atoms with E-state index in [1.165, 1.54) is 12.1 Å². The highest BCUT2D eigenvalue weighted by atomic mass is 32.2. The number of nitro groups is 1. The molecule has 0 amide bonds. The van der Waals surface area contributed by atoms with E-state index in [-0.39, 0.29) is 5.69 Å². The topological polar surface area (TPSA) is 97.5 Å². The van der Waals surface area contributed by atoms with Crippen molar-refractivity contribution in [3.05, 3.63) is 40.4 Å². The highest BCUT2D eigenvalue weighted by Crippen LogP contribution is 2.06. The molecule has 0 aromatic heterocycles. The lowest BCUT2D eigenvalue weighted by Gasteiger charge is -1.85. The molecule has 0 unspecified atom stereocenters. The lowest BCUT2D eigenvalue weighted by Crippen LogP contribution is -1.88. The van der Waals surface area contributed by atoms with E-state index in [2.05, 4.69) is 0 Å². The molecule has 6 nitrogen and oxygen atoms in total. The SMILES string of the molecule is CS(=O)(=O)O.O=[N+]([O-])c1ccccc1. The van der Waals surface area contributed by atoms with Crippen molar-refractivity contribution in [3.63, 3.8) is 0 Å². The lowest BCUT2D eigenvalue weighted by molar-refractivity contribution is -0.384. The first-order valence-corrected chi connectivity index (χ1v) is 5.27. The average Bonchev–Trinajstić information content (AvgIpc) is 2.03.